The van der Waals surface area contributed by atoms with Gasteiger partial charge in [0, 0.05) is 31.9 Å². The van der Waals surface area contributed by atoms with Gasteiger partial charge in [-0.2, -0.15) is 0 Å². The summed E-state index contributed by atoms with van der Waals surface area (Å²) in [5.41, 5.74) is 0.447. The van der Waals surface area contributed by atoms with E-state index in [1.165, 1.54) is 6.07 Å². The molecule has 7 nitrogen and oxygen atoms in total. The van der Waals surface area contributed by atoms with E-state index >= 15 is 0 Å². The second-order valence-corrected chi connectivity index (χ2v) is 4.85. The van der Waals surface area contributed by atoms with Gasteiger partial charge in [0.15, 0.2) is 0 Å². The monoisotopic (exact) mass is 279 g/mol. The van der Waals surface area contributed by atoms with Gasteiger partial charge in [-0.15, -0.1) is 0 Å². The maximum absolute atomic E-state index is 12.2. The van der Waals surface area contributed by atoms with Crippen molar-refractivity contribution in [1.29, 1.82) is 0 Å². The fourth-order valence-electron chi connectivity index (χ4n) is 2.21. The van der Waals surface area contributed by atoms with Gasteiger partial charge >= 0.3 is 5.97 Å². The van der Waals surface area contributed by atoms with Crippen molar-refractivity contribution in [2.24, 2.45) is 0 Å². The van der Waals surface area contributed by atoms with E-state index in [1.807, 2.05) is 0 Å². The Balaban J connectivity index is 2.01. The van der Waals surface area contributed by atoms with Crippen LogP contribution in [0.5, 0.6) is 0 Å². The number of aliphatic carboxylic acids is 1. The first-order valence-electron chi connectivity index (χ1n) is 6.40. The first kappa shape index (κ1) is 14.3. The highest BCUT2D eigenvalue weighted by Crippen LogP contribution is 2.06. The molecule has 7 heteroatoms. The van der Waals surface area contributed by atoms with E-state index in [1.54, 1.807) is 22.8 Å². The summed E-state index contributed by atoms with van der Waals surface area (Å²) < 4.78 is 0. The maximum Gasteiger partial charge on any atom is 0.317 e. The smallest absolute Gasteiger partial charge is 0.317 e. The summed E-state index contributed by atoms with van der Waals surface area (Å²) in [5, 5.41) is 8.71. The summed E-state index contributed by atoms with van der Waals surface area (Å²) in [4.78, 5) is 40.5. The lowest BCUT2D eigenvalue weighted by molar-refractivity contribution is -0.138. The molecule has 108 valence electrons. The lowest BCUT2D eigenvalue weighted by Gasteiger charge is -2.33. The first-order valence-corrected chi connectivity index (χ1v) is 6.40. The van der Waals surface area contributed by atoms with E-state index in [0.717, 1.165) is 0 Å². The highest BCUT2D eigenvalue weighted by molar-refractivity contribution is 5.93. The zero-order valence-corrected chi connectivity index (χ0v) is 11.3. The highest BCUT2D eigenvalue weighted by Gasteiger charge is 2.24. The van der Waals surface area contributed by atoms with Crippen LogP contribution < -0.4 is 5.56 Å². The first-order chi connectivity index (χ1) is 9.47. The maximum atomic E-state index is 12.2. The average molecular weight is 279 g/mol. The second-order valence-electron chi connectivity index (χ2n) is 4.85. The molecule has 2 heterocycles. The standard InChI is InChI=1S/C13H17N3O4/c1-9-2-3-10(12(19)14-9)13(20)16-6-4-15(5-7-16)8-11(17)18/h2-3H,4-8H2,1H3,(H,14,19)(H,17,18). The molecular formula is C13H17N3O4. The third-order valence-electron chi connectivity index (χ3n) is 3.30. The van der Waals surface area contributed by atoms with Gasteiger partial charge in [0.2, 0.25) is 0 Å². The molecule has 0 radical (unpaired) electrons. The largest absolute Gasteiger partial charge is 0.480 e. The molecule has 1 aromatic heterocycles. The molecule has 1 amide bonds. The van der Waals surface area contributed by atoms with Crippen LogP contribution in [0.15, 0.2) is 16.9 Å². The average Bonchev–Trinajstić information content (AvgIpc) is 2.38. The van der Waals surface area contributed by atoms with Crippen molar-refractivity contribution in [2.75, 3.05) is 32.7 Å². The Morgan fingerprint density at radius 3 is 2.45 bits per heavy atom. The number of carboxylic acids is 1. The minimum absolute atomic E-state index is 0.0207. The molecule has 1 saturated heterocycles. The molecule has 1 aliphatic heterocycles. The number of carbonyl (C=O) groups is 2. The number of piperazine rings is 1. The SMILES string of the molecule is Cc1ccc(C(=O)N2CCN(CC(=O)O)CC2)c(=O)[nH]1. The molecular weight excluding hydrogens is 262 g/mol. The summed E-state index contributed by atoms with van der Waals surface area (Å²) >= 11 is 0. The third-order valence-corrected chi connectivity index (χ3v) is 3.30. The lowest BCUT2D eigenvalue weighted by Crippen LogP contribution is -2.50. The predicted octanol–water partition coefficient (Wildman–Crippen LogP) is -0.474. The minimum atomic E-state index is -0.875. The number of carboxylic acid groups (broad SMARTS) is 1. The number of aromatic amines is 1. The molecule has 0 aromatic carbocycles. The van der Waals surface area contributed by atoms with Crippen LogP contribution in [0.3, 0.4) is 0 Å². The number of hydrogen-bond donors (Lipinski definition) is 2. The van der Waals surface area contributed by atoms with Gasteiger partial charge in [0.25, 0.3) is 11.5 Å². The summed E-state index contributed by atoms with van der Waals surface area (Å²) in [6.07, 6.45) is 0. The van der Waals surface area contributed by atoms with E-state index in [-0.39, 0.29) is 23.6 Å². The fourth-order valence-corrected chi connectivity index (χ4v) is 2.21. The van der Waals surface area contributed by atoms with Crippen LogP contribution in [0.25, 0.3) is 0 Å². The minimum Gasteiger partial charge on any atom is -0.480 e. The van der Waals surface area contributed by atoms with E-state index in [9.17, 15) is 14.4 Å². The Bertz CT molecular complexity index is 573. The van der Waals surface area contributed by atoms with Crippen LogP contribution in [0.4, 0.5) is 0 Å². The number of carbonyl (C=O) groups excluding carboxylic acids is 1. The van der Waals surface area contributed by atoms with Crippen LogP contribution >= 0.6 is 0 Å². The molecule has 1 fully saturated rings. The van der Waals surface area contributed by atoms with Crippen LogP contribution in [0, 0.1) is 6.92 Å². The van der Waals surface area contributed by atoms with E-state index < -0.39 is 5.97 Å². The van der Waals surface area contributed by atoms with Crippen molar-refractivity contribution < 1.29 is 14.7 Å². The van der Waals surface area contributed by atoms with E-state index in [2.05, 4.69) is 4.98 Å². The lowest BCUT2D eigenvalue weighted by atomic mass is 10.2. The van der Waals surface area contributed by atoms with Gasteiger partial charge in [-0.05, 0) is 19.1 Å². The Kier molecular flexibility index (Phi) is 4.19. The molecule has 1 aliphatic rings. The third kappa shape index (κ3) is 3.24. The van der Waals surface area contributed by atoms with E-state index in [0.29, 0.717) is 31.9 Å². The van der Waals surface area contributed by atoms with E-state index in [4.69, 9.17) is 5.11 Å². The quantitative estimate of drug-likeness (QED) is 0.780. The highest BCUT2D eigenvalue weighted by atomic mass is 16.4. The van der Waals surface area contributed by atoms with Gasteiger partial charge in [-0.3, -0.25) is 19.3 Å². The molecule has 1 aromatic rings. The molecule has 0 unspecified atom stereocenters. The molecule has 2 rings (SSSR count). The molecule has 0 saturated carbocycles. The normalized spacial score (nSPS) is 16.1. The Labute approximate surface area is 115 Å². The zero-order valence-electron chi connectivity index (χ0n) is 11.3. The van der Waals surface area contributed by atoms with Crippen LogP contribution in [0.2, 0.25) is 0 Å². The van der Waals surface area contributed by atoms with Crippen molar-refractivity contribution in [3.63, 3.8) is 0 Å². The second kappa shape index (κ2) is 5.87. The van der Waals surface area contributed by atoms with Crippen LogP contribution in [-0.2, 0) is 4.79 Å². The van der Waals surface area contributed by atoms with Crippen LogP contribution in [-0.4, -0.2) is 64.5 Å². The number of rotatable bonds is 3. The van der Waals surface area contributed by atoms with Gasteiger partial charge in [-0.25, -0.2) is 0 Å². The fraction of sp³-hybridized carbons (Fsp3) is 0.462. The van der Waals surface area contributed by atoms with Gasteiger partial charge in [-0.1, -0.05) is 0 Å². The van der Waals surface area contributed by atoms with Crippen molar-refractivity contribution in [1.82, 2.24) is 14.8 Å². The van der Waals surface area contributed by atoms with Crippen LogP contribution in [0.1, 0.15) is 16.1 Å². The Hall–Kier alpha value is -2.15. The van der Waals surface area contributed by atoms with Crippen molar-refractivity contribution in [3.05, 3.63) is 33.7 Å². The van der Waals surface area contributed by atoms with Crippen molar-refractivity contribution in [3.8, 4) is 0 Å². The molecule has 20 heavy (non-hydrogen) atoms. The molecule has 0 aliphatic carbocycles. The number of nitrogens with one attached hydrogen (secondary N) is 1. The van der Waals surface area contributed by atoms with Gasteiger partial charge in [0.05, 0.1) is 6.54 Å². The summed E-state index contributed by atoms with van der Waals surface area (Å²) in [6.45, 7) is 3.59. The molecule has 0 atom stereocenters. The Morgan fingerprint density at radius 2 is 1.90 bits per heavy atom. The Morgan fingerprint density at radius 1 is 1.25 bits per heavy atom. The number of amides is 1. The summed E-state index contributed by atoms with van der Waals surface area (Å²) in [6, 6.07) is 3.22. The number of aromatic nitrogens is 1. The number of aryl methyl sites for hydroxylation is 1. The zero-order chi connectivity index (χ0) is 14.7. The van der Waals surface area contributed by atoms with Gasteiger partial charge < -0.3 is 15.0 Å². The van der Waals surface area contributed by atoms with Crippen molar-refractivity contribution in [2.45, 2.75) is 6.92 Å². The van der Waals surface area contributed by atoms with Gasteiger partial charge in [0.1, 0.15) is 5.56 Å². The topological polar surface area (TPSA) is 93.7 Å². The summed E-state index contributed by atoms with van der Waals surface area (Å²) in [5.74, 6) is -1.18. The summed E-state index contributed by atoms with van der Waals surface area (Å²) in [7, 11) is 0. The number of nitrogens with zero attached hydrogens (tertiary/aromatic N) is 2. The molecule has 2 N–H and O–H groups in total. The number of pyridine rings is 1. The number of hydrogen-bond acceptors (Lipinski definition) is 4. The molecule has 0 bridgehead atoms. The molecule has 0 spiro atoms. The number of H-pyrrole nitrogens is 1. The predicted molar refractivity (Wildman–Crippen MR) is 71.8 cm³/mol. The van der Waals surface area contributed by atoms with Crippen molar-refractivity contribution >= 4 is 11.9 Å².